The summed E-state index contributed by atoms with van der Waals surface area (Å²) >= 11 is 0. The number of aliphatic hydroxyl groups excluding tert-OH is 1. The van der Waals surface area contributed by atoms with Crippen LogP contribution in [0.5, 0.6) is 0 Å². The third kappa shape index (κ3) is 9.30. The lowest BCUT2D eigenvalue weighted by Gasteiger charge is -2.05. The van der Waals surface area contributed by atoms with E-state index in [1.54, 1.807) is 0 Å². The van der Waals surface area contributed by atoms with E-state index in [1.165, 1.54) is 0 Å². The van der Waals surface area contributed by atoms with Gasteiger partial charge in [-0.2, -0.15) is 0 Å². The molecule has 0 radical (unpaired) electrons. The molecule has 4 heteroatoms. The van der Waals surface area contributed by atoms with Crippen LogP contribution in [-0.2, 0) is 9.53 Å². The topological polar surface area (TPSA) is 66.8 Å². The smallest absolute Gasteiger partial charge is 0.305 e. The molecule has 0 aromatic heterocycles. The Morgan fingerprint density at radius 2 is 2.00 bits per heavy atom. The molecule has 0 aliphatic heterocycles. The average Bonchev–Trinajstić information content (AvgIpc) is 2.09. The Balaban J connectivity index is 3.20. The second-order valence-electron chi connectivity index (χ2n) is 2.97. The molecule has 0 amide bonds. The molecule has 0 bridgehead atoms. The van der Waals surface area contributed by atoms with Crippen molar-refractivity contribution in [3.8, 4) is 0 Å². The summed E-state index contributed by atoms with van der Waals surface area (Å²) in [6, 6.07) is 0. The van der Waals surface area contributed by atoms with E-state index in [0.29, 0.717) is 6.42 Å². The minimum atomic E-state index is -1.56. The van der Waals surface area contributed by atoms with E-state index >= 15 is 0 Å². The minimum absolute atomic E-state index is 0.327. The van der Waals surface area contributed by atoms with Crippen LogP contribution in [0.1, 0.15) is 39.0 Å². The van der Waals surface area contributed by atoms with Crippen molar-refractivity contribution in [1.82, 2.24) is 0 Å². The van der Waals surface area contributed by atoms with Gasteiger partial charge in [-0.25, -0.2) is 0 Å². The number of unbranched alkanes of at least 4 members (excludes halogenated alkanes) is 3. The summed E-state index contributed by atoms with van der Waals surface area (Å²) in [6.45, 7) is 1.77. The zero-order valence-corrected chi connectivity index (χ0v) is 8.03. The number of hydrogen-bond donors (Lipinski definition) is 2. The molecule has 4 nitrogen and oxygen atoms in total. The molecule has 0 atom stereocenters. The van der Waals surface area contributed by atoms with E-state index in [4.69, 9.17) is 10.2 Å². The number of aliphatic hydroxyl groups is 2. The highest BCUT2D eigenvalue weighted by Crippen LogP contribution is 2.03. The zero-order valence-electron chi connectivity index (χ0n) is 8.03. The van der Waals surface area contributed by atoms with Gasteiger partial charge in [0, 0.05) is 6.42 Å². The van der Waals surface area contributed by atoms with Gasteiger partial charge >= 0.3 is 5.97 Å². The SMILES string of the molecule is CCCCCCC(=O)OCC(O)O. The summed E-state index contributed by atoms with van der Waals surface area (Å²) in [7, 11) is 0. The molecule has 0 aliphatic carbocycles. The molecule has 0 saturated carbocycles. The van der Waals surface area contributed by atoms with Crippen molar-refractivity contribution in [3.05, 3.63) is 0 Å². The van der Waals surface area contributed by atoms with Crippen molar-refractivity contribution in [2.45, 2.75) is 45.3 Å². The highest BCUT2D eigenvalue weighted by atomic mass is 16.6. The van der Waals surface area contributed by atoms with Crippen LogP contribution in [0.2, 0.25) is 0 Å². The first-order valence-electron chi connectivity index (χ1n) is 4.68. The van der Waals surface area contributed by atoms with Crippen LogP contribution in [0.25, 0.3) is 0 Å². The normalized spacial score (nSPS) is 10.5. The monoisotopic (exact) mass is 190 g/mol. The fourth-order valence-electron chi connectivity index (χ4n) is 0.936. The van der Waals surface area contributed by atoms with Gasteiger partial charge in [-0.1, -0.05) is 26.2 Å². The van der Waals surface area contributed by atoms with Crippen LogP contribution >= 0.6 is 0 Å². The van der Waals surface area contributed by atoms with Gasteiger partial charge in [0.05, 0.1) is 0 Å². The second-order valence-corrected chi connectivity index (χ2v) is 2.97. The van der Waals surface area contributed by atoms with Crippen molar-refractivity contribution in [2.75, 3.05) is 6.61 Å². The van der Waals surface area contributed by atoms with E-state index in [2.05, 4.69) is 11.7 Å². The predicted molar refractivity (Wildman–Crippen MR) is 47.9 cm³/mol. The standard InChI is InChI=1S/C9H18O4/c1-2-3-4-5-6-9(12)13-7-8(10)11/h8,10-11H,2-7H2,1H3. The number of carbonyl (C=O) groups excluding carboxylic acids is 1. The number of rotatable bonds is 7. The van der Waals surface area contributed by atoms with E-state index in [9.17, 15) is 4.79 Å². The van der Waals surface area contributed by atoms with Gasteiger partial charge in [0.25, 0.3) is 0 Å². The summed E-state index contributed by atoms with van der Waals surface area (Å²) in [5.74, 6) is -0.357. The van der Waals surface area contributed by atoms with E-state index in [1.807, 2.05) is 0 Å². The van der Waals surface area contributed by atoms with Crippen molar-refractivity contribution in [2.24, 2.45) is 0 Å². The number of hydrogen-bond acceptors (Lipinski definition) is 4. The highest BCUT2D eigenvalue weighted by Gasteiger charge is 2.04. The number of esters is 1. The van der Waals surface area contributed by atoms with Gasteiger partial charge in [-0.15, -0.1) is 0 Å². The largest absolute Gasteiger partial charge is 0.460 e. The molecule has 0 aromatic rings. The Hall–Kier alpha value is -0.610. The molecular formula is C9H18O4. The van der Waals surface area contributed by atoms with Gasteiger partial charge in [0.15, 0.2) is 6.29 Å². The molecule has 13 heavy (non-hydrogen) atoms. The Kier molecular flexibility index (Phi) is 7.63. The van der Waals surface area contributed by atoms with Crippen LogP contribution in [0, 0.1) is 0 Å². The molecule has 0 heterocycles. The van der Waals surface area contributed by atoms with Gasteiger partial charge in [-0.05, 0) is 6.42 Å². The summed E-state index contributed by atoms with van der Waals surface area (Å²) in [4.78, 5) is 10.9. The summed E-state index contributed by atoms with van der Waals surface area (Å²) in [6.07, 6.45) is 2.90. The molecule has 0 aromatic carbocycles. The van der Waals surface area contributed by atoms with E-state index in [0.717, 1.165) is 25.7 Å². The first-order chi connectivity index (χ1) is 6.16. The van der Waals surface area contributed by atoms with Crippen LogP contribution < -0.4 is 0 Å². The maximum absolute atomic E-state index is 10.9. The summed E-state index contributed by atoms with van der Waals surface area (Å²) in [5, 5.41) is 16.8. The van der Waals surface area contributed by atoms with Crippen LogP contribution in [0.3, 0.4) is 0 Å². The predicted octanol–water partition coefficient (Wildman–Crippen LogP) is 0.811. The molecule has 2 N–H and O–H groups in total. The highest BCUT2D eigenvalue weighted by molar-refractivity contribution is 5.69. The zero-order chi connectivity index (χ0) is 10.1. The van der Waals surface area contributed by atoms with Crippen LogP contribution in [0.15, 0.2) is 0 Å². The van der Waals surface area contributed by atoms with Gasteiger partial charge < -0.3 is 14.9 Å². The molecular weight excluding hydrogens is 172 g/mol. The second kappa shape index (κ2) is 8.01. The van der Waals surface area contributed by atoms with E-state index < -0.39 is 6.29 Å². The van der Waals surface area contributed by atoms with Crippen LogP contribution in [-0.4, -0.2) is 29.1 Å². The Morgan fingerprint density at radius 1 is 1.31 bits per heavy atom. The average molecular weight is 190 g/mol. The molecule has 0 spiro atoms. The molecule has 0 aliphatic rings. The number of carbonyl (C=O) groups is 1. The number of ether oxygens (including phenoxy) is 1. The lowest BCUT2D eigenvalue weighted by Crippen LogP contribution is -2.17. The van der Waals surface area contributed by atoms with Gasteiger partial charge in [0.2, 0.25) is 0 Å². The van der Waals surface area contributed by atoms with Gasteiger partial charge in [-0.3, -0.25) is 4.79 Å². The third-order valence-corrected chi connectivity index (χ3v) is 1.63. The Morgan fingerprint density at radius 3 is 2.54 bits per heavy atom. The van der Waals surface area contributed by atoms with E-state index in [-0.39, 0.29) is 12.6 Å². The Bertz CT molecular complexity index is 134. The summed E-state index contributed by atoms with van der Waals surface area (Å²) in [5.41, 5.74) is 0. The Labute approximate surface area is 78.5 Å². The van der Waals surface area contributed by atoms with Gasteiger partial charge in [0.1, 0.15) is 6.61 Å². The van der Waals surface area contributed by atoms with Crippen molar-refractivity contribution in [3.63, 3.8) is 0 Å². The quantitative estimate of drug-likeness (QED) is 0.354. The minimum Gasteiger partial charge on any atom is -0.460 e. The molecule has 0 saturated heterocycles. The molecule has 0 unspecified atom stereocenters. The fraction of sp³-hybridized carbons (Fsp3) is 0.889. The lowest BCUT2D eigenvalue weighted by molar-refractivity contribution is -0.156. The fourth-order valence-corrected chi connectivity index (χ4v) is 0.936. The lowest BCUT2D eigenvalue weighted by atomic mass is 10.2. The molecule has 0 rings (SSSR count). The first kappa shape index (κ1) is 12.4. The maximum atomic E-state index is 10.9. The third-order valence-electron chi connectivity index (χ3n) is 1.63. The van der Waals surface area contributed by atoms with Crippen molar-refractivity contribution in [1.29, 1.82) is 0 Å². The maximum Gasteiger partial charge on any atom is 0.305 e. The van der Waals surface area contributed by atoms with Crippen molar-refractivity contribution >= 4 is 5.97 Å². The molecule has 78 valence electrons. The first-order valence-corrected chi connectivity index (χ1v) is 4.68. The van der Waals surface area contributed by atoms with Crippen LogP contribution in [0.4, 0.5) is 0 Å². The summed E-state index contributed by atoms with van der Waals surface area (Å²) < 4.78 is 4.54. The molecule has 0 fully saturated rings. The van der Waals surface area contributed by atoms with Crippen molar-refractivity contribution < 1.29 is 19.7 Å².